The van der Waals surface area contributed by atoms with Crippen molar-refractivity contribution in [1.82, 2.24) is 0 Å². The first-order valence-corrected chi connectivity index (χ1v) is 6.65. The number of aliphatic imine (C=N–C) groups is 1. The number of phenolic OH excluding ortho intramolecular Hbond substituents is 1. The molecule has 0 unspecified atom stereocenters. The van der Waals surface area contributed by atoms with Gasteiger partial charge in [-0.1, -0.05) is 6.07 Å². The first kappa shape index (κ1) is 15.0. The summed E-state index contributed by atoms with van der Waals surface area (Å²) in [6, 6.07) is 9.50. The number of benzene rings is 2. The van der Waals surface area contributed by atoms with Crippen LogP contribution in [0, 0.1) is 10.1 Å². The maximum Gasteiger partial charge on any atom is 0.271 e. The number of hydrogen-bond donors (Lipinski definition) is 1. The fourth-order valence-corrected chi connectivity index (χ4v) is 2.11. The standard InChI is InChI=1S/C14H11BrN2O4/c1-21-12-4-2-3-10(6-12)16-8-9-5-11(17(19)20)7-13(15)14(9)18/h2-8,18H,1H3. The Hall–Kier alpha value is -2.41. The van der Waals surface area contributed by atoms with E-state index < -0.39 is 4.92 Å². The number of nitro groups is 1. The number of hydrogen-bond acceptors (Lipinski definition) is 5. The molecular formula is C14H11BrN2O4. The van der Waals surface area contributed by atoms with Crippen molar-refractivity contribution in [2.24, 2.45) is 4.99 Å². The van der Waals surface area contributed by atoms with Crippen LogP contribution in [0.3, 0.4) is 0 Å². The van der Waals surface area contributed by atoms with E-state index in [-0.39, 0.29) is 21.5 Å². The molecule has 0 heterocycles. The van der Waals surface area contributed by atoms with E-state index in [1.165, 1.54) is 18.3 Å². The summed E-state index contributed by atoms with van der Waals surface area (Å²) in [7, 11) is 1.55. The third-order valence-corrected chi connectivity index (χ3v) is 3.30. The number of nitrogens with zero attached hydrogens (tertiary/aromatic N) is 2. The molecule has 108 valence electrons. The highest BCUT2D eigenvalue weighted by Gasteiger charge is 2.13. The summed E-state index contributed by atoms with van der Waals surface area (Å²) in [5.41, 5.74) is 0.724. The summed E-state index contributed by atoms with van der Waals surface area (Å²) in [4.78, 5) is 14.5. The Morgan fingerprint density at radius 1 is 1.38 bits per heavy atom. The maximum atomic E-state index is 10.8. The topological polar surface area (TPSA) is 85.0 Å². The molecule has 21 heavy (non-hydrogen) atoms. The number of methoxy groups -OCH3 is 1. The van der Waals surface area contributed by atoms with E-state index in [1.807, 2.05) is 0 Å². The normalized spacial score (nSPS) is 10.8. The van der Waals surface area contributed by atoms with Gasteiger partial charge in [0.15, 0.2) is 0 Å². The van der Waals surface area contributed by atoms with Gasteiger partial charge in [-0.05, 0) is 28.1 Å². The van der Waals surface area contributed by atoms with Crippen molar-refractivity contribution in [1.29, 1.82) is 0 Å². The van der Waals surface area contributed by atoms with Crippen LogP contribution in [0.1, 0.15) is 5.56 Å². The number of nitro benzene ring substituents is 1. The molecule has 2 aromatic carbocycles. The molecule has 0 bridgehead atoms. The second-order valence-electron chi connectivity index (χ2n) is 4.08. The van der Waals surface area contributed by atoms with Crippen molar-refractivity contribution in [2.75, 3.05) is 7.11 Å². The largest absolute Gasteiger partial charge is 0.506 e. The average molecular weight is 351 g/mol. The van der Waals surface area contributed by atoms with Gasteiger partial charge in [0.1, 0.15) is 11.5 Å². The van der Waals surface area contributed by atoms with Gasteiger partial charge in [-0.15, -0.1) is 0 Å². The van der Waals surface area contributed by atoms with E-state index in [0.29, 0.717) is 11.4 Å². The van der Waals surface area contributed by atoms with Crippen molar-refractivity contribution in [3.8, 4) is 11.5 Å². The summed E-state index contributed by atoms with van der Waals surface area (Å²) in [5, 5.41) is 20.7. The first-order chi connectivity index (χ1) is 10.0. The monoisotopic (exact) mass is 350 g/mol. The minimum absolute atomic E-state index is 0.104. The summed E-state index contributed by atoms with van der Waals surface area (Å²) in [6.45, 7) is 0. The Labute approximate surface area is 129 Å². The lowest BCUT2D eigenvalue weighted by Crippen LogP contribution is -1.91. The summed E-state index contributed by atoms with van der Waals surface area (Å²) < 4.78 is 5.32. The number of phenols is 1. The molecule has 0 amide bonds. The minimum Gasteiger partial charge on any atom is -0.506 e. The van der Waals surface area contributed by atoms with Crippen LogP contribution in [0.5, 0.6) is 11.5 Å². The zero-order chi connectivity index (χ0) is 15.4. The maximum absolute atomic E-state index is 10.8. The zero-order valence-corrected chi connectivity index (χ0v) is 12.6. The highest BCUT2D eigenvalue weighted by Crippen LogP contribution is 2.32. The fourth-order valence-electron chi connectivity index (χ4n) is 1.64. The van der Waals surface area contributed by atoms with Gasteiger partial charge in [0, 0.05) is 30.0 Å². The molecule has 0 spiro atoms. The molecule has 0 radical (unpaired) electrons. The zero-order valence-electron chi connectivity index (χ0n) is 11.0. The smallest absolute Gasteiger partial charge is 0.271 e. The van der Waals surface area contributed by atoms with E-state index >= 15 is 0 Å². The Bertz CT molecular complexity index is 716. The predicted octanol–water partition coefficient (Wildman–Crippen LogP) is 3.82. The van der Waals surface area contributed by atoms with Gasteiger partial charge >= 0.3 is 0 Å². The van der Waals surface area contributed by atoms with Crippen LogP contribution in [0.25, 0.3) is 0 Å². The van der Waals surface area contributed by atoms with E-state index in [4.69, 9.17) is 4.74 Å². The molecule has 0 saturated heterocycles. The van der Waals surface area contributed by atoms with E-state index in [2.05, 4.69) is 20.9 Å². The number of aromatic hydroxyl groups is 1. The molecule has 0 fully saturated rings. The molecule has 6 nitrogen and oxygen atoms in total. The van der Waals surface area contributed by atoms with Crippen molar-refractivity contribution in [2.45, 2.75) is 0 Å². The third kappa shape index (κ3) is 3.57. The van der Waals surface area contributed by atoms with Gasteiger partial charge in [0.25, 0.3) is 5.69 Å². The first-order valence-electron chi connectivity index (χ1n) is 5.86. The quantitative estimate of drug-likeness (QED) is 0.515. The molecule has 1 N–H and O–H groups in total. The van der Waals surface area contributed by atoms with Crippen LogP contribution in [0.4, 0.5) is 11.4 Å². The Morgan fingerprint density at radius 2 is 2.14 bits per heavy atom. The van der Waals surface area contributed by atoms with Crippen LogP contribution in [-0.4, -0.2) is 23.4 Å². The van der Waals surface area contributed by atoms with Gasteiger partial charge in [0.05, 0.1) is 22.2 Å². The average Bonchev–Trinajstić information content (AvgIpc) is 2.48. The highest BCUT2D eigenvalue weighted by molar-refractivity contribution is 9.10. The lowest BCUT2D eigenvalue weighted by Gasteiger charge is -2.03. The molecule has 2 aromatic rings. The molecule has 0 aliphatic rings. The Kier molecular flexibility index (Phi) is 4.54. The van der Waals surface area contributed by atoms with Gasteiger partial charge in [-0.25, -0.2) is 0 Å². The van der Waals surface area contributed by atoms with E-state index in [9.17, 15) is 15.2 Å². The summed E-state index contributed by atoms with van der Waals surface area (Å²) in [6.07, 6.45) is 1.36. The number of ether oxygens (including phenoxy) is 1. The highest BCUT2D eigenvalue weighted by atomic mass is 79.9. The Morgan fingerprint density at radius 3 is 2.81 bits per heavy atom. The fraction of sp³-hybridized carbons (Fsp3) is 0.0714. The van der Waals surface area contributed by atoms with E-state index in [0.717, 1.165) is 0 Å². The molecule has 0 aromatic heterocycles. The van der Waals surface area contributed by atoms with Crippen LogP contribution in [0.2, 0.25) is 0 Å². The van der Waals surface area contributed by atoms with E-state index in [1.54, 1.807) is 31.4 Å². The molecule has 0 aliphatic carbocycles. The second kappa shape index (κ2) is 6.36. The summed E-state index contributed by atoms with van der Waals surface area (Å²) in [5.74, 6) is 0.543. The summed E-state index contributed by atoms with van der Waals surface area (Å²) >= 11 is 3.08. The van der Waals surface area contributed by atoms with Gasteiger partial charge in [0.2, 0.25) is 0 Å². The van der Waals surface area contributed by atoms with Crippen LogP contribution in [-0.2, 0) is 0 Å². The number of halogens is 1. The molecular weight excluding hydrogens is 340 g/mol. The lowest BCUT2D eigenvalue weighted by atomic mass is 10.2. The third-order valence-electron chi connectivity index (χ3n) is 2.69. The molecule has 2 rings (SSSR count). The number of non-ortho nitro benzene ring substituents is 1. The van der Waals surface area contributed by atoms with Gasteiger partial charge in [-0.3, -0.25) is 15.1 Å². The van der Waals surface area contributed by atoms with Crippen molar-refractivity contribution < 1.29 is 14.8 Å². The lowest BCUT2D eigenvalue weighted by molar-refractivity contribution is -0.385. The molecule has 7 heteroatoms. The Balaban J connectivity index is 2.38. The SMILES string of the molecule is COc1cccc(N=Cc2cc([N+](=O)[O-])cc(Br)c2O)c1. The molecule has 0 aliphatic heterocycles. The predicted molar refractivity (Wildman–Crippen MR) is 82.7 cm³/mol. The molecule has 0 saturated carbocycles. The van der Waals surface area contributed by atoms with Crippen LogP contribution >= 0.6 is 15.9 Å². The second-order valence-corrected chi connectivity index (χ2v) is 4.94. The molecule has 0 atom stereocenters. The minimum atomic E-state index is -0.535. The van der Waals surface area contributed by atoms with Crippen molar-refractivity contribution in [3.05, 3.63) is 56.5 Å². The van der Waals surface area contributed by atoms with Crippen LogP contribution in [0.15, 0.2) is 45.9 Å². The van der Waals surface area contributed by atoms with Crippen molar-refractivity contribution >= 4 is 33.5 Å². The van der Waals surface area contributed by atoms with Crippen LogP contribution < -0.4 is 4.74 Å². The van der Waals surface area contributed by atoms with Crippen molar-refractivity contribution in [3.63, 3.8) is 0 Å². The van der Waals surface area contributed by atoms with Gasteiger partial charge < -0.3 is 9.84 Å². The number of rotatable bonds is 4. The van der Waals surface area contributed by atoms with Gasteiger partial charge in [-0.2, -0.15) is 0 Å².